The first-order chi connectivity index (χ1) is 7.91. The van der Waals surface area contributed by atoms with E-state index in [0.29, 0.717) is 0 Å². The fourth-order valence-electron chi connectivity index (χ4n) is 1.50. The third kappa shape index (κ3) is 3.59. The molecule has 0 aliphatic heterocycles. The zero-order valence-electron chi connectivity index (χ0n) is 10.6. The molecule has 0 spiro atoms. The number of nitrogens with one attached hydrogen (secondary N) is 2. The lowest BCUT2D eigenvalue weighted by Crippen LogP contribution is -2.40. The van der Waals surface area contributed by atoms with Crippen molar-refractivity contribution in [3.05, 3.63) is 29.3 Å². The summed E-state index contributed by atoms with van der Waals surface area (Å²) >= 11 is 0. The lowest BCUT2D eigenvalue weighted by atomic mass is 10.1. The van der Waals surface area contributed by atoms with Gasteiger partial charge in [0.25, 0.3) is 0 Å². The molecule has 0 saturated heterocycles. The fourth-order valence-corrected chi connectivity index (χ4v) is 1.50. The summed E-state index contributed by atoms with van der Waals surface area (Å²) in [6.07, 6.45) is 0. The fraction of sp³-hybridized carbons (Fsp3) is 0.385. The van der Waals surface area contributed by atoms with Crippen molar-refractivity contribution in [2.24, 2.45) is 0 Å². The summed E-state index contributed by atoms with van der Waals surface area (Å²) in [7, 11) is 0. The molecule has 1 aromatic carbocycles. The molecule has 0 radical (unpaired) electrons. The summed E-state index contributed by atoms with van der Waals surface area (Å²) in [5.74, 6) is -0.428. The van der Waals surface area contributed by atoms with Crippen LogP contribution in [0, 0.1) is 13.8 Å². The molecule has 4 heteroatoms. The Morgan fingerprint density at radius 3 is 2.47 bits per heavy atom. The largest absolute Gasteiger partial charge is 0.345 e. The Balaban J connectivity index is 2.74. The van der Waals surface area contributed by atoms with Crippen LogP contribution in [0.1, 0.15) is 25.0 Å². The molecule has 0 aliphatic carbocycles. The third-order valence-corrected chi connectivity index (χ3v) is 2.68. The summed E-state index contributed by atoms with van der Waals surface area (Å²) in [6, 6.07) is 5.19. The Morgan fingerprint density at radius 1 is 1.24 bits per heavy atom. The summed E-state index contributed by atoms with van der Waals surface area (Å²) in [4.78, 5) is 22.6. The van der Waals surface area contributed by atoms with Crippen LogP contribution < -0.4 is 10.6 Å². The molecule has 1 aromatic rings. The van der Waals surface area contributed by atoms with Crippen LogP contribution in [0.15, 0.2) is 18.2 Å². The van der Waals surface area contributed by atoms with E-state index < -0.39 is 6.04 Å². The number of hydrogen-bond acceptors (Lipinski definition) is 2. The maximum Gasteiger partial charge on any atom is 0.246 e. The van der Waals surface area contributed by atoms with Crippen molar-refractivity contribution in [3.8, 4) is 0 Å². The lowest BCUT2D eigenvalue weighted by molar-refractivity contribution is -0.124. The van der Waals surface area contributed by atoms with Crippen LogP contribution >= 0.6 is 0 Å². The van der Waals surface area contributed by atoms with E-state index in [9.17, 15) is 9.59 Å². The molecule has 0 aromatic heterocycles. The van der Waals surface area contributed by atoms with Crippen LogP contribution in [0.2, 0.25) is 0 Å². The first-order valence-corrected chi connectivity index (χ1v) is 5.56. The van der Waals surface area contributed by atoms with Gasteiger partial charge in [-0.25, -0.2) is 0 Å². The standard InChI is InChI=1S/C13H18N2O2/c1-8-6-5-7-12(9(8)2)15-13(17)10(3)14-11(4)16/h5-7,10H,1-4H3,(H,14,16)(H,15,17)/t10-/m1/s1. The zero-order chi connectivity index (χ0) is 13.0. The van der Waals surface area contributed by atoms with E-state index in [2.05, 4.69) is 10.6 Å². The zero-order valence-corrected chi connectivity index (χ0v) is 10.6. The van der Waals surface area contributed by atoms with E-state index in [1.807, 2.05) is 32.0 Å². The van der Waals surface area contributed by atoms with Gasteiger partial charge in [0.2, 0.25) is 11.8 Å². The molecule has 1 atom stereocenters. The Hall–Kier alpha value is -1.84. The smallest absolute Gasteiger partial charge is 0.246 e. The van der Waals surface area contributed by atoms with Crippen molar-refractivity contribution in [1.29, 1.82) is 0 Å². The number of anilines is 1. The van der Waals surface area contributed by atoms with Gasteiger partial charge in [-0.3, -0.25) is 9.59 Å². The molecule has 17 heavy (non-hydrogen) atoms. The predicted molar refractivity (Wildman–Crippen MR) is 67.8 cm³/mol. The SMILES string of the molecule is CC(=O)N[C@H](C)C(=O)Nc1cccc(C)c1C. The molecule has 92 valence electrons. The monoisotopic (exact) mass is 234 g/mol. The highest BCUT2D eigenvalue weighted by molar-refractivity contribution is 5.97. The number of benzene rings is 1. The van der Waals surface area contributed by atoms with Gasteiger partial charge in [0.15, 0.2) is 0 Å². The Kier molecular flexibility index (Phi) is 4.26. The molecule has 0 saturated carbocycles. The highest BCUT2D eigenvalue weighted by Crippen LogP contribution is 2.17. The van der Waals surface area contributed by atoms with Crippen molar-refractivity contribution in [2.45, 2.75) is 33.7 Å². The quantitative estimate of drug-likeness (QED) is 0.837. The van der Waals surface area contributed by atoms with Gasteiger partial charge >= 0.3 is 0 Å². The number of aryl methyl sites for hydroxylation is 1. The normalized spacial score (nSPS) is 11.8. The molecule has 2 N–H and O–H groups in total. The topological polar surface area (TPSA) is 58.2 Å². The Bertz CT molecular complexity index is 441. The van der Waals surface area contributed by atoms with Gasteiger partial charge in [-0.15, -0.1) is 0 Å². The van der Waals surface area contributed by atoms with Crippen molar-refractivity contribution < 1.29 is 9.59 Å². The molecule has 4 nitrogen and oxygen atoms in total. The third-order valence-electron chi connectivity index (χ3n) is 2.68. The van der Waals surface area contributed by atoms with E-state index >= 15 is 0 Å². The maximum absolute atomic E-state index is 11.8. The predicted octanol–water partition coefficient (Wildman–Crippen LogP) is 1.77. The average molecular weight is 234 g/mol. The van der Waals surface area contributed by atoms with E-state index in [4.69, 9.17) is 0 Å². The summed E-state index contributed by atoms with van der Waals surface area (Å²) in [5, 5.41) is 5.35. The van der Waals surface area contributed by atoms with Crippen molar-refractivity contribution in [2.75, 3.05) is 5.32 Å². The van der Waals surface area contributed by atoms with Gasteiger partial charge < -0.3 is 10.6 Å². The lowest BCUT2D eigenvalue weighted by Gasteiger charge is -2.15. The van der Waals surface area contributed by atoms with Gasteiger partial charge in [0, 0.05) is 12.6 Å². The van der Waals surface area contributed by atoms with Crippen LogP contribution in [0.25, 0.3) is 0 Å². The van der Waals surface area contributed by atoms with Crippen LogP contribution in [0.3, 0.4) is 0 Å². The van der Waals surface area contributed by atoms with Crippen LogP contribution in [-0.2, 0) is 9.59 Å². The van der Waals surface area contributed by atoms with E-state index in [-0.39, 0.29) is 11.8 Å². The second-order valence-electron chi connectivity index (χ2n) is 4.16. The van der Waals surface area contributed by atoms with E-state index in [1.54, 1.807) is 6.92 Å². The Labute approximate surface area is 101 Å². The second-order valence-corrected chi connectivity index (χ2v) is 4.16. The summed E-state index contributed by atoms with van der Waals surface area (Å²) < 4.78 is 0. The molecule has 0 bridgehead atoms. The summed E-state index contributed by atoms with van der Waals surface area (Å²) in [6.45, 7) is 6.99. The highest BCUT2D eigenvalue weighted by Gasteiger charge is 2.14. The van der Waals surface area contributed by atoms with Crippen molar-refractivity contribution >= 4 is 17.5 Å². The number of carbonyl (C=O) groups is 2. The van der Waals surface area contributed by atoms with E-state index in [0.717, 1.165) is 16.8 Å². The maximum atomic E-state index is 11.8. The Morgan fingerprint density at radius 2 is 1.88 bits per heavy atom. The van der Waals surface area contributed by atoms with Gasteiger partial charge in [0.05, 0.1) is 0 Å². The highest BCUT2D eigenvalue weighted by atomic mass is 16.2. The molecular formula is C13H18N2O2. The molecule has 0 aliphatic rings. The van der Waals surface area contributed by atoms with E-state index in [1.165, 1.54) is 6.92 Å². The minimum atomic E-state index is -0.535. The second kappa shape index (κ2) is 5.48. The van der Waals surface area contributed by atoms with Crippen molar-refractivity contribution in [3.63, 3.8) is 0 Å². The van der Waals surface area contributed by atoms with Gasteiger partial charge in [0.1, 0.15) is 6.04 Å². The van der Waals surface area contributed by atoms with Crippen molar-refractivity contribution in [1.82, 2.24) is 5.32 Å². The van der Waals surface area contributed by atoms with Gasteiger partial charge in [-0.1, -0.05) is 12.1 Å². The van der Waals surface area contributed by atoms with Crippen LogP contribution in [-0.4, -0.2) is 17.9 Å². The number of hydrogen-bond donors (Lipinski definition) is 2. The molecule has 0 heterocycles. The minimum absolute atomic E-state index is 0.214. The first kappa shape index (κ1) is 13.2. The number of rotatable bonds is 3. The molecule has 1 rings (SSSR count). The minimum Gasteiger partial charge on any atom is -0.345 e. The number of amides is 2. The summed E-state index contributed by atoms with van der Waals surface area (Å²) in [5.41, 5.74) is 2.94. The molecular weight excluding hydrogens is 216 g/mol. The molecule has 0 unspecified atom stereocenters. The average Bonchev–Trinajstić information content (AvgIpc) is 2.23. The van der Waals surface area contributed by atoms with Crippen LogP contribution in [0.5, 0.6) is 0 Å². The van der Waals surface area contributed by atoms with Crippen LogP contribution in [0.4, 0.5) is 5.69 Å². The molecule has 0 fully saturated rings. The molecule has 2 amide bonds. The van der Waals surface area contributed by atoms with Gasteiger partial charge in [-0.2, -0.15) is 0 Å². The number of carbonyl (C=O) groups excluding carboxylic acids is 2. The first-order valence-electron chi connectivity index (χ1n) is 5.56. The van der Waals surface area contributed by atoms with Gasteiger partial charge in [-0.05, 0) is 38.0 Å².